The van der Waals surface area contributed by atoms with Crippen molar-refractivity contribution >= 4 is 39.1 Å². The molecule has 2 aliphatic rings. The molecule has 170 valence electrons. The molecular formula is C26H20FN3O3S. The molecular weight excluding hydrogens is 453 g/mol. The molecule has 0 bridgehead atoms. The molecule has 0 fully saturated rings. The van der Waals surface area contributed by atoms with E-state index in [-0.39, 0.29) is 11.8 Å². The summed E-state index contributed by atoms with van der Waals surface area (Å²) in [5, 5.41) is 6.76. The Morgan fingerprint density at radius 1 is 1.24 bits per heavy atom. The molecule has 34 heavy (non-hydrogen) atoms. The number of halogens is 1. The molecule has 4 aromatic rings. The maximum absolute atomic E-state index is 14.2. The molecule has 0 spiro atoms. The van der Waals surface area contributed by atoms with Crippen molar-refractivity contribution < 1.29 is 18.7 Å². The summed E-state index contributed by atoms with van der Waals surface area (Å²) in [7, 11) is 0. The zero-order valence-corrected chi connectivity index (χ0v) is 19.1. The van der Waals surface area contributed by atoms with Crippen LogP contribution in [0.1, 0.15) is 55.6 Å². The van der Waals surface area contributed by atoms with Crippen molar-refractivity contribution in [3.63, 3.8) is 0 Å². The summed E-state index contributed by atoms with van der Waals surface area (Å²) in [4.78, 5) is 26.5. The third kappa shape index (κ3) is 3.25. The Balaban J connectivity index is 1.51. The maximum atomic E-state index is 14.2. The Morgan fingerprint density at radius 3 is 2.97 bits per heavy atom. The monoisotopic (exact) mass is 473 g/mol. The number of anilines is 1. The quantitative estimate of drug-likeness (QED) is 0.431. The number of aryl methyl sites for hydroxylation is 2. The molecule has 0 radical (unpaired) electrons. The van der Waals surface area contributed by atoms with Gasteiger partial charge < -0.3 is 15.4 Å². The largest absolute Gasteiger partial charge is 0.492 e. The van der Waals surface area contributed by atoms with Crippen LogP contribution in [0.15, 0.2) is 48.5 Å². The van der Waals surface area contributed by atoms with Crippen LogP contribution in [0.3, 0.4) is 0 Å². The van der Waals surface area contributed by atoms with Crippen molar-refractivity contribution in [1.29, 1.82) is 0 Å². The van der Waals surface area contributed by atoms with E-state index in [0.29, 0.717) is 40.4 Å². The van der Waals surface area contributed by atoms with Gasteiger partial charge in [-0.3, -0.25) is 9.59 Å². The third-order valence-electron chi connectivity index (χ3n) is 6.42. The summed E-state index contributed by atoms with van der Waals surface area (Å²) in [6.07, 6.45) is 1.56. The van der Waals surface area contributed by atoms with Gasteiger partial charge in [0.2, 0.25) is 0 Å². The molecule has 2 aliphatic heterocycles. The fourth-order valence-electron chi connectivity index (χ4n) is 4.81. The smallest absolute Gasteiger partial charge is 0.276 e. The fraction of sp³-hybridized carbons (Fsp3) is 0.192. The van der Waals surface area contributed by atoms with Crippen LogP contribution in [0, 0.1) is 12.7 Å². The molecule has 3 aromatic carbocycles. The van der Waals surface area contributed by atoms with Crippen LogP contribution in [0.4, 0.5) is 10.1 Å². The molecule has 0 aliphatic carbocycles. The first-order chi connectivity index (χ1) is 16.5. The number of rotatable bonds is 3. The first-order valence-electron chi connectivity index (χ1n) is 11.1. The lowest BCUT2D eigenvalue weighted by Gasteiger charge is -2.23. The summed E-state index contributed by atoms with van der Waals surface area (Å²) >= 11 is 1.26. The molecule has 3 heterocycles. The molecule has 1 atom stereocenters. The minimum Gasteiger partial charge on any atom is -0.492 e. The van der Waals surface area contributed by atoms with Crippen molar-refractivity contribution in [1.82, 2.24) is 9.69 Å². The molecule has 1 aromatic heterocycles. The second kappa shape index (κ2) is 7.92. The molecule has 0 saturated heterocycles. The normalized spacial score (nSPS) is 16.5. The highest BCUT2D eigenvalue weighted by Gasteiger charge is 2.38. The number of carbonyl (C=O) groups excluding carboxylic acids is 2. The van der Waals surface area contributed by atoms with Crippen molar-refractivity contribution in [2.75, 3.05) is 11.9 Å². The number of amides is 2. The van der Waals surface area contributed by atoms with E-state index in [4.69, 9.17) is 4.74 Å². The van der Waals surface area contributed by atoms with Crippen LogP contribution in [0.2, 0.25) is 0 Å². The van der Waals surface area contributed by atoms with Gasteiger partial charge in [-0.15, -0.1) is 0 Å². The van der Waals surface area contributed by atoms with E-state index < -0.39 is 11.9 Å². The number of nitrogens with one attached hydrogen (secondary N) is 2. The molecule has 6 nitrogen and oxygen atoms in total. The van der Waals surface area contributed by atoms with Gasteiger partial charge in [0.05, 0.1) is 22.9 Å². The number of hydrogen-bond acceptors (Lipinski definition) is 5. The number of carbonyl (C=O) groups is 2. The third-order valence-corrected chi connectivity index (χ3v) is 7.24. The maximum Gasteiger partial charge on any atom is 0.276 e. The lowest BCUT2D eigenvalue weighted by atomic mass is 9.90. The average molecular weight is 474 g/mol. The van der Waals surface area contributed by atoms with E-state index in [1.807, 2.05) is 37.3 Å². The molecule has 1 unspecified atom stereocenters. The van der Waals surface area contributed by atoms with E-state index in [1.165, 1.54) is 23.7 Å². The summed E-state index contributed by atoms with van der Waals surface area (Å²) in [5.74, 6) is -0.494. The van der Waals surface area contributed by atoms with Gasteiger partial charge in [-0.1, -0.05) is 24.3 Å². The highest BCUT2D eigenvalue weighted by atomic mass is 32.1. The van der Waals surface area contributed by atoms with Gasteiger partial charge in [-0.05, 0) is 72.3 Å². The number of aromatic nitrogens is 1. The Kier molecular flexibility index (Phi) is 4.84. The molecule has 8 heteroatoms. The summed E-state index contributed by atoms with van der Waals surface area (Å²) < 4.78 is 25.4. The predicted molar refractivity (Wildman–Crippen MR) is 128 cm³/mol. The highest BCUT2D eigenvalue weighted by molar-refractivity contribution is 7.13. The van der Waals surface area contributed by atoms with Crippen LogP contribution in [0.5, 0.6) is 5.75 Å². The van der Waals surface area contributed by atoms with Crippen molar-refractivity contribution in [2.24, 2.45) is 0 Å². The Hall–Kier alpha value is -3.78. The minimum absolute atomic E-state index is 0.294. The van der Waals surface area contributed by atoms with E-state index in [9.17, 15) is 14.0 Å². The van der Waals surface area contributed by atoms with Crippen LogP contribution in [-0.2, 0) is 6.42 Å². The number of nitrogens with zero attached hydrogens (tertiary/aromatic N) is 1. The first kappa shape index (κ1) is 20.8. The van der Waals surface area contributed by atoms with E-state index in [2.05, 4.69) is 15.0 Å². The predicted octanol–water partition coefficient (Wildman–Crippen LogP) is 5.15. The van der Waals surface area contributed by atoms with Crippen molar-refractivity contribution in [2.45, 2.75) is 25.8 Å². The van der Waals surface area contributed by atoms with E-state index in [0.717, 1.165) is 34.1 Å². The van der Waals surface area contributed by atoms with Crippen LogP contribution in [-0.4, -0.2) is 22.8 Å². The fourth-order valence-corrected chi connectivity index (χ4v) is 5.59. The van der Waals surface area contributed by atoms with Crippen LogP contribution >= 0.6 is 11.5 Å². The Labute approximate surface area is 198 Å². The first-order valence-corrected chi connectivity index (χ1v) is 11.8. The highest BCUT2D eigenvalue weighted by Crippen LogP contribution is 2.45. The zero-order chi connectivity index (χ0) is 23.4. The van der Waals surface area contributed by atoms with Crippen LogP contribution < -0.4 is 15.4 Å². The lowest BCUT2D eigenvalue weighted by molar-refractivity contribution is 0.0955. The second-order valence-corrected chi connectivity index (χ2v) is 9.35. The Bertz CT molecular complexity index is 1500. The topological polar surface area (TPSA) is 80.3 Å². The lowest BCUT2D eigenvalue weighted by Crippen LogP contribution is -2.21. The summed E-state index contributed by atoms with van der Waals surface area (Å²) in [5.41, 5.74) is 4.18. The van der Waals surface area contributed by atoms with Crippen molar-refractivity contribution in [3.05, 3.63) is 87.9 Å². The molecule has 2 N–H and O–H groups in total. The van der Waals surface area contributed by atoms with Crippen molar-refractivity contribution in [3.8, 4) is 5.75 Å². The standard InChI is InChI=1S/C26H20FN3O3S/c1-13-8-9-15(27)12-17(13)22-20-18(11-14-5-4-10-33-24(14)21(20)25(31)29-22)28-26(32)23-16-6-2-3-7-19(16)34-30-23/h2-3,6-9,11-12,22H,4-5,10H2,1H3,(H,28,32)(H,29,31). The second-order valence-electron chi connectivity index (χ2n) is 8.54. The zero-order valence-electron chi connectivity index (χ0n) is 18.3. The van der Waals surface area contributed by atoms with Gasteiger partial charge in [-0.2, -0.15) is 4.37 Å². The van der Waals surface area contributed by atoms with Gasteiger partial charge in [0.1, 0.15) is 17.3 Å². The van der Waals surface area contributed by atoms with E-state index in [1.54, 1.807) is 6.07 Å². The molecule has 2 amide bonds. The van der Waals surface area contributed by atoms with Gasteiger partial charge in [0.15, 0.2) is 0 Å². The van der Waals surface area contributed by atoms with E-state index >= 15 is 0 Å². The number of fused-ring (bicyclic) bond motifs is 4. The summed E-state index contributed by atoms with van der Waals surface area (Å²) in [6, 6.07) is 13.3. The van der Waals surface area contributed by atoms with Gasteiger partial charge >= 0.3 is 0 Å². The SMILES string of the molecule is Cc1ccc(F)cc1C1NC(=O)c2c3c(cc(NC(=O)c4nsc5ccccc45)c21)CCCO3. The minimum atomic E-state index is -0.614. The van der Waals surface area contributed by atoms with Gasteiger partial charge in [-0.25, -0.2) is 4.39 Å². The number of ether oxygens (including phenoxy) is 1. The molecule has 6 rings (SSSR count). The van der Waals surface area contributed by atoms with Crippen LogP contribution in [0.25, 0.3) is 10.1 Å². The molecule has 0 saturated carbocycles. The summed E-state index contributed by atoms with van der Waals surface area (Å²) in [6.45, 7) is 2.39. The van der Waals surface area contributed by atoms with Gasteiger partial charge in [0, 0.05) is 16.6 Å². The number of hydrogen-bond donors (Lipinski definition) is 2. The average Bonchev–Trinajstić information content (AvgIpc) is 3.42. The Morgan fingerprint density at radius 2 is 2.09 bits per heavy atom. The number of benzene rings is 3. The van der Waals surface area contributed by atoms with Gasteiger partial charge in [0.25, 0.3) is 11.8 Å².